The largest absolute Gasteiger partial charge is 0.341 e. The van der Waals surface area contributed by atoms with Crippen LogP contribution < -0.4 is 5.32 Å². The Morgan fingerprint density at radius 1 is 1.00 bits per heavy atom. The van der Waals surface area contributed by atoms with Gasteiger partial charge in [0, 0.05) is 43.3 Å². The van der Waals surface area contributed by atoms with Crippen LogP contribution in [0.3, 0.4) is 0 Å². The average molecular weight is 390 g/mol. The van der Waals surface area contributed by atoms with Crippen molar-refractivity contribution in [2.75, 3.05) is 31.5 Å². The number of nitrogens with zero attached hydrogens (tertiary/aromatic N) is 2. The monoisotopic (exact) mass is 389 g/mol. The lowest BCUT2D eigenvalue weighted by atomic mass is 9.86. The van der Waals surface area contributed by atoms with Crippen molar-refractivity contribution in [1.82, 2.24) is 9.80 Å². The van der Waals surface area contributed by atoms with Crippen LogP contribution in [0.15, 0.2) is 24.3 Å². The molecule has 3 atom stereocenters. The van der Waals surface area contributed by atoms with Gasteiger partial charge in [0.1, 0.15) is 0 Å². The van der Waals surface area contributed by atoms with Crippen molar-refractivity contribution in [1.29, 1.82) is 0 Å². The van der Waals surface area contributed by atoms with E-state index in [2.05, 4.69) is 5.32 Å². The number of amides is 3. The second-order valence-corrected chi connectivity index (χ2v) is 8.73. The van der Waals surface area contributed by atoms with Crippen LogP contribution in [0.2, 0.25) is 5.02 Å². The van der Waals surface area contributed by atoms with E-state index in [1.165, 1.54) is 25.7 Å². The third kappa shape index (κ3) is 4.40. The molecule has 1 aromatic rings. The van der Waals surface area contributed by atoms with Crippen molar-refractivity contribution >= 4 is 29.2 Å². The number of hydrogen-bond donors (Lipinski definition) is 1. The maximum Gasteiger partial charge on any atom is 0.321 e. The molecule has 2 bridgehead atoms. The number of benzene rings is 1. The van der Waals surface area contributed by atoms with Crippen LogP contribution in [0.4, 0.5) is 10.5 Å². The molecular weight excluding hydrogens is 362 g/mol. The molecule has 3 fully saturated rings. The first-order chi connectivity index (χ1) is 13.1. The number of carbonyl (C=O) groups is 2. The fraction of sp³-hybridized carbons (Fsp3) is 0.619. The van der Waals surface area contributed by atoms with E-state index in [1.54, 1.807) is 29.2 Å². The zero-order valence-corrected chi connectivity index (χ0v) is 16.5. The Balaban J connectivity index is 1.27. The Morgan fingerprint density at radius 2 is 1.74 bits per heavy atom. The summed E-state index contributed by atoms with van der Waals surface area (Å²) < 4.78 is 0. The fourth-order valence-corrected chi connectivity index (χ4v) is 5.21. The highest BCUT2D eigenvalue weighted by molar-refractivity contribution is 6.30. The van der Waals surface area contributed by atoms with E-state index in [0.29, 0.717) is 37.0 Å². The Labute approximate surface area is 166 Å². The van der Waals surface area contributed by atoms with Gasteiger partial charge in [0.25, 0.3) is 0 Å². The SMILES string of the molecule is O=C(CC1CC2CCC1C2)N1CCCN(C(=O)Nc2ccc(Cl)cc2)CC1. The molecule has 2 aliphatic carbocycles. The summed E-state index contributed by atoms with van der Waals surface area (Å²) in [4.78, 5) is 29.1. The number of rotatable bonds is 3. The lowest BCUT2D eigenvalue weighted by Gasteiger charge is -2.26. The van der Waals surface area contributed by atoms with Crippen LogP contribution >= 0.6 is 11.6 Å². The molecule has 0 spiro atoms. The topological polar surface area (TPSA) is 52.7 Å². The average Bonchev–Trinajstić information content (AvgIpc) is 3.18. The molecule has 3 aliphatic rings. The number of halogens is 1. The molecule has 5 nitrogen and oxygen atoms in total. The second-order valence-electron chi connectivity index (χ2n) is 8.30. The van der Waals surface area contributed by atoms with Crippen LogP contribution in [0.1, 0.15) is 38.5 Å². The van der Waals surface area contributed by atoms with Crippen LogP contribution in [0.25, 0.3) is 0 Å². The number of fused-ring (bicyclic) bond motifs is 2. The lowest BCUT2D eigenvalue weighted by Crippen LogP contribution is -2.39. The van der Waals surface area contributed by atoms with Gasteiger partial charge in [0.2, 0.25) is 5.91 Å². The minimum absolute atomic E-state index is 0.111. The van der Waals surface area contributed by atoms with Crippen LogP contribution in [0.5, 0.6) is 0 Å². The Hall–Kier alpha value is -1.75. The van der Waals surface area contributed by atoms with Gasteiger partial charge in [-0.25, -0.2) is 4.79 Å². The van der Waals surface area contributed by atoms with Crippen molar-refractivity contribution in [3.63, 3.8) is 0 Å². The van der Waals surface area contributed by atoms with Gasteiger partial charge >= 0.3 is 6.03 Å². The summed E-state index contributed by atoms with van der Waals surface area (Å²) >= 11 is 5.88. The van der Waals surface area contributed by atoms with E-state index in [-0.39, 0.29) is 11.9 Å². The minimum Gasteiger partial charge on any atom is -0.341 e. The van der Waals surface area contributed by atoms with E-state index in [4.69, 9.17) is 11.6 Å². The van der Waals surface area contributed by atoms with Gasteiger partial charge in [0.15, 0.2) is 0 Å². The van der Waals surface area contributed by atoms with Gasteiger partial charge in [0.05, 0.1) is 0 Å². The molecule has 1 N–H and O–H groups in total. The molecule has 1 aromatic carbocycles. The summed E-state index contributed by atoms with van der Waals surface area (Å²) in [5.74, 6) is 2.55. The molecular formula is C21H28ClN3O2. The van der Waals surface area contributed by atoms with Crippen molar-refractivity contribution < 1.29 is 9.59 Å². The molecule has 2 saturated carbocycles. The summed E-state index contributed by atoms with van der Waals surface area (Å²) in [5.41, 5.74) is 0.734. The van der Waals surface area contributed by atoms with E-state index >= 15 is 0 Å². The summed E-state index contributed by atoms with van der Waals surface area (Å²) in [5, 5.41) is 3.56. The first-order valence-corrected chi connectivity index (χ1v) is 10.6. The van der Waals surface area contributed by atoms with E-state index in [1.807, 2.05) is 4.90 Å². The summed E-state index contributed by atoms with van der Waals surface area (Å²) in [6, 6.07) is 7.00. The van der Waals surface area contributed by atoms with Crippen LogP contribution in [-0.2, 0) is 4.79 Å². The van der Waals surface area contributed by atoms with Crippen LogP contribution in [0, 0.1) is 17.8 Å². The van der Waals surface area contributed by atoms with Crippen LogP contribution in [-0.4, -0.2) is 47.9 Å². The molecule has 1 heterocycles. The first kappa shape index (κ1) is 18.6. The standard InChI is InChI=1S/C21H28ClN3O2/c22-18-4-6-19(7-5-18)23-21(27)25-9-1-8-24(10-11-25)20(26)14-17-13-15-2-3-16(17)12-15/h4-7,15-17H,1-3,8-14H2,(H,23,27). The number of anilines is 1. The fourth-order valence-electron chi connectivity index (χ4n) is 5.09. The van der Waals surface area contributed by atoms with Gasteiger partial charge < -0.3 is 15.1 Å². The maximum absolute atomic E-state index is 12.8. The van der Waals surface area contributed by atoms with Crippen molar-refractivity contribution in [3.8, 4) is 0 Å². The first-order valence-electron chi connectivity index (χ1n) is 10.2. The summed E-state index contributed by atoms with van der Waals surface area (Å²) in [6.07, 6.45) is 6.82. The predicted octanol–water partition coefficient (Wildman–Crippen LogP) is 4.23. The molecule has 6 heteroatoms. The van der Waals surface area contributed by atoms with Gasteiger partial charge in [-0.1, -0.05) is 18.0 Å². The Morgan fingerprint density at radius 3 is 2.44 bits per heavy atom. The number of carbonyl (C=O) groups excluding carboxylic acids is 2. The highest BCUT2D eigenvalue weighted by Gasteiger charge is 2.40. The predicted molar refractivity (Wildman–Crippen MR) is 107 cm³/mol. The highest BCUT2D eigenvalue weighted by Crippen LogP contribution is 2.49. The molecule has 0 radical (unpaired) electrons. The summed E-state index contributed by atoms with van der Waals surface area (Å²) in [7, 11) is 0. The smallest absolute Gasteiger partial charge is 0.321 e. The molecule has 4 rings (SSSR count). The Kier molecular flexibility index (Phi) is 5.58. The Bertz CT molecular complexity index is 693. The van der Waals surface area contributed by atoms with E-state index in [9.17, 15) is 9.59 Å². The lowest BCUT2D eigenvalue weighted by molar-refractivity contribution is -0.132. The van der Waals surface area contributed by atoms with Gasteiger partial charge in [-0.2, -0.15) is 0 Å². The van der Waals surface area contributed by atoms with Gasteiger partial charge in [-0.3, -0.25) is 4.79 Å². The molecule has 3 unspecified atom stereocenters. The number of hydrogen-bond acceptors (Lipinski definition) is 2. The number of nitrogens with one attached hydrogen (secondary N) is 1. The zero-order chi connectivity index (χ0) is 18.8. The van der Waals surface area contributed by atoms with Gasteiger partial charge in [-0.05, 0) is 67.7 Å². The van der Waals surface area contributed by atoms with E-state index < -0.39 is 0 Å². The van der Waals surface area contributed by atoms with E-state index in [0.717, 1.165) is 30.5 Å². The molecule has 0 aromatic heterocycles. The molecule has 27 heavy (non-hydrogen) atoms. The van der Waals surface area contributed by atoms with Crippen molar-refractivity contribution in [2.45, 2.75) is 38.5 Å². The second kappa shape index (κ2) is 8.09. The maximum atomic E-state index is 12.8. The molecule has 1 saturated heterocycles. The third-order valence-corrected chi connectivity index (χ3v) is 6.80. The highest BCUT2D eigenvalue weighted by atomic mass is 35.5. The molecule has 3 amide bonds. The third-order valence-electron chi connectivity index (χ3n) is 6.55. The quantitative estimate of drug-likeness (QED) is 0.840. The molecule has 1 aliphatic heterocycles. The van der Waals surface area contributed by atoms with Gasteiger partial charge in [-0.15, -0.1) is 0 Å². The summed E-state index contributed by atoms with van der Waals surface area (Å²) in [6.45, 7) is 2.65. The van der Waals surface area contributed by atoms with Crippen molar-refractivity contribution in [3.05, 3.63) is 29.3 Å². The number of urea groups is 1. The molecule has 146 valence electrons. The van der Waals surface area contributed by atoms with Crippen molar-refractivity contribution in [2.24, 2.45) is 17.8 Å². The minimum atomic E-state index is -0.111. The zero-order valence-electron chi connectivity index (χ0n) is 15.7. The normalized spacial score (nSPS) is 27.5.